The lowest BCUT2D eigenvalue weighted by molar-refractivity contribution is 1.18. The van der Waals surface area contributed by atoms with E-state index in [1.54, 1.807) is 6.07 Å². The second-order valence-electron chi connectivity index (χ2n) is 6.91. The Morgan fingerprint density at radius 1 is 0.724 bits per heavy atom. The van der Waals surface area contributed by atoms with Crippen molar-refractivity contribution in [3.05, 3.63) is 108 Å². The second kappa shape index (κ2) is 6.68. The second-order valence-corrected chi connectivity index (χ2v) is 6.91. The Labute approximate surface area is 168 Å². The van der Waals surface area contributed by atoms with Gasteiger partial charge >= 0.3 is 0 Å². The average molecular weight is 369 g/mol. The fraction of sp³-hybridized carbons (Fsp3) is 0. The normalized spacial score (nSPS) is 10.7. The van der Waals surface area contributed by atoms with Gasteiger partial charge in [0.2, 0.25) is 0 Å². The Balaban J connectivity index is 1.77. The maximum atomic E-state index is 9.31. The minimum absolute atomic E-state index is 0.473. The first-order valence-corrected chi connectivity index (χ1v) is 9.30. The standard InChI is InChI=1S/C26H15N3/c1-28-21-14-18(17-27)13-20(15-21)19-7-6-8-22(16-19)29-25-11-4-2-9-23(25)24-10-3-5-12-26(24)29/h2-16H. The zero-order chi connectivity index (χ0) is 19.8. The van der Waals surface area contributed by atoms with Crippen LogP contribution in [0.25, 0.3) is 43.5 Å². The number of nitriles is 1. The smallest absolute Gasteiger partial charge is 0.189 e. The molecule has 0 fully saturated rings. The molecule has 0 spiro atoms. The molecule has 3 nitrogen and oxygen atoms in total. The average Bonchev–Trinajstić information content (AvgIpc) is 3.13. The fourth-order valence-corrected chi connectivity index (χ4v) is 3.93. The number of rotatable bonds is 2. The predicted molar refractivity (Wildman–Crippen MR) is 117 cm³/mol. The first kappa shape index (κ1) is 16.8. The molecule has 5 aromatic rings. The first-order valence-electron chi connectivity index (χ1n) is 9.30. The molecule has 5 rings (SSSR count). The monoisotopic (exact) mass is 369 g/mol. The maximum Gasteiger partial charge on any atom is 0.189 e. The summed E-state index contributed by atoms with van der Waals surface area (Å²) < 4.78 is 2.26. The van der Waals surface area contributed by atoms with Crippen molar-refractivity contribution in [3.8, 4) is 22.9 Å². The molecule has 0 saturated carbocycles. The summed E-state index contributed by atoms with van der Waals surface area (Å²) in [6, 6.07) is 32.5. The van der Waals surface area contributed by atoms with Crippen LogP contribution in [0.3, 0.4) is 0 Å². The molecule has 0 bridgehead atoms. The van der Waals surface area contributed by atoms with Crippen LogP contribution in [-0.2, 0) is 0 Å². The van der Waals surface area contributed by atoms with Gasteiger partial charge in [-0.05, 0) is 53.6 Å². The minimum atomic E-state index is 0.473. The van der Waals surface area contributed by atoms with Crippen molar-refractivity contribution in [1.82, 2.24) is 4.57 Å². The Kier molecular flexibility index (Phi) is 3.87. The summed E-state index contributed by atoms with van der Waals surface area (Å²) in [6.45, 7) is 7.32. The Bertz CT molecular complexity index is 1390. The van der Waals surface area contributed by atoms with Gasteiger partial charge in [-0.15, -0.1) is 0 Å². The van der Waals surface area contributed by atoms with Crippen molar-refractivity contribution in [2.75, 3.05) is 0 Å². The summed E-state index contributed by atoms with van der Waals surface area (Å²) >= 11 is 0. The van der Waals surface area contributed by atoms with E-state index in [0.29, 0.717) is 11.3 Å². The summed E-state index contributed by atoms with van der Waals surface area (Å²) in [5.41, 5.74) is 6.17. The van der Waals surface area contributed by atoms with Crippen LogP contribution < -0.4 is 0 Å². The molecule has 0 aliphatic heterocycles. The van der Waals surface area contributed by atoms with E-state index >= 15 is 0 Å². The molecule has 0 aliphatic rings. The van der Waals surface area contributed by atoms with E-state index in [4.69, 9.17) is 6.57 Å². The van der Waals surface area contributed by atoms with Crippen molar-refractivity contribution in [2.24, 2.45) is 0 Å². The topological polar surface area (TPSA) is 33.1 Å². The number of aromatic nitrogens is 1. The van der Waals surface area contributed by atoms with Gasteiger partial charge in [0.15, 0.2) is 5.69 Å². The molecular formula is C26H15N3. The third-order valence-electron chi connectivity index (χ3n) is 5.19. The van der Waals surface area contributed by atoms with Crippen LogP contribution in [-0.4, -0.2) is 4.57 Å². The van der Waals surface area contributed by atoms with Gasteiger partial charge in [0.25, 0.3) is 0 Å². The number of para-hydroxylation sites is 2. The van der Waals surface area contributed by atoms with Crippen molar-refractivity contribution in [1.29, 1.82) is 5.26 Å². The summed E-state index contributed by atoms with van der Waals surface area (Å²) in [5, 5.41) is 11.7. The zero-order valence-corrected chi connectivity index (χ0v) is 15.5. The van der Waals surface area contributed by atoms with Crippen LogP contribution in [0.15, 0.2) is 91.0 Å². The van der Waals surface area contributed by atoms with Crippen LogP contribution >= 0.6 is 0 Å². The number of benzene rings is 4. The van der Waals surface area contributed by atoms with E-state index in [9.17, 15) is 5.26 Å². The lowest BCUT2D eigenvalue weighted by Gasteiger charge is -2.11. The van der Waals surface area contributed by atoms with Gasteiger partial charge in [0.05, 0.1) is 23.7 Å². The third-order valence-corrected chi connectivity index (χ3v) is 5.19. The van der Waals surface area contributed by atoms with E-state index in [1.165, 1.54) is 10.8 Å². The van der Waals surface area contributed by atoms with E-state index in [2.05, 4.69) is 76.1 Å². The summed E-state index contributed by atoms with van der Waals surface area (Å²) in [6.07, 6.45) is 0. The van der Waals surface area contributed by atoms with Gasteiger partial charge in [-0.1, -0.05) is 48.5 Å². The number of hydrogen-bond donors (Lipinski definition) is 0. The number of fused-ring (bicyclic) bond motifs is 3. The van der Waals surface area contributed by atoms with E-state index in [0.717, 1.165) is 27.8 Å². The largest absolute Gasteiger partial charge is 0.309 e. The van der Waals surface area contributed by atoms with Crippen LogP contribution in [0.2, 0.25) is 0 Å². The predicted octanol–water partition coefficient (Wildman–Crippen LogP) is 6.87. The van der Waals surface area contributed by atoms with E-state index < -0.39 is 0 Å². The maximum absolute atomic E-state index is 9.31. The van der Waals surface area contributed by atoms with Crippen LogP contribution in [0.5, 0.6) is 0 Å². The zero-order valence-electron chi connectivity index (χ0n) is 15.5. The van der Waals surface area contributed by atoms with E-state index in [1.807, 2.05) is 24.3 Å². The fourth-order valence-electron chi connectivity index (χ4n) is 3.93. The molecule has 0 saturated heterocycles. The van der Waals surface area contributed by atoms with Crippen LogP contribution in [0.1, 0.15) is 5.56 Å². The van der Waals surface area contributed by atoms with Crippen molar-refractivity contribution < 1.29 is 0 Å². The van der Waals surface area contributed by atoms with Gasteiger partial charge < -0.3 is 4.57 Å². The molecule has 29 heavy (non-hydrogen) atoms. The molecule has 134 valence electrons. The highest BCUT2D eigenvalue weighted by Gasteiger charge is 2.12. The minimum Gasteiger partial charge on any atom is -0.309 e. The summed E-state index contributed by atoms with van der Waals surface area (Å²) in [5.74, 6) is 0. The highest BCUT2D eigenvalue weighted by molar-refractivity contribution is 6.09. The van der Waals surface area contributed by atoms with Gasteiger partial charge in [-0.3, -0.25) is 0 Å². The molecular weight excluding hydrogens is 354 g/mol. The SMILES string of the molecule is [C-]#[N+]c1cc(C#N)cc(-c2cccc(-n3c4ccccc4c4ccccc43)c2)c1. The molecule has 4 aromatic carbocycles. The molecule has 0 unspecified atom stereocenters. The Hall–Kier alpha value is -4.34. The molecule has 1 aromatic heterocycles. The number of hydrogen-bond acceptors (Lipinski definition) is 1. The van der Waals surface area contributed by atoms with Gasteiger partial charge in [-0.25, -0.2) is 4.85 Å². The molecule has 0 N–H and O–H groups in total. The van der Waals surface area contributed by atoms with Gasteiger partial charge in [-0.2, -0.15) is 5.26 Å². The lowest BCUT2D eigenvalue weighted by Crippen LogP contribution is -1.94. The van der Waals surface area contributed by atoms with Gasteiger partial charge in [0, 0.05) is 22.0 Å². The Morgan fingerprint density at radius 3 is 2.07 bits per heavy atom. The van der Waals surface area contributed by atoms with E-state index in [-0.39, 0.29) is 0 Å². The highest BCUT2D eigenvalue weighted by atomic mass is 15.0. The lowest BCUT2D eigenvalue weighted by atomic mass is 10.0. The summed E-state index contributed by atoms with van der Waals surface area (Å²) in [4.78, 5) is 3.51. The molecule has 0 atom stereocenters. The Morgan fingerprint density at radius 2 is 1.41 bits per heavy atom. The first-order chi connectivity index (χ1) is 14.3. The van der Waals surface area contributed by atoms with Crippen molar-refractivity contribution in [2.45, 2.75) is 0 Å². The molecule has 0 aliphatic carbocycles. The van der Waals surface area contributed by atoms with Crippen LogP contribution in [0.4, 0.5) is 5.69 Å². The molecule has 0 radical (unpaired) electrons. The number of nitrogens with zero attached hydrogens (tertiary/aromatic N) is 3. The molecule has 1 heterocycles. The highest BCUT2D eigenvalue weighted by Crippen LogP contribution is 2.33. The summed E-state index contributed by atoms with van der Waals surface area (Å²) in [7, 11) is 0. The van der Waals surface area contributed by atoms with Gasteiger partial charge in [0.1, 0.15) is 0 Å². The quantitative estimate of drug-likeness (QED) is 0.312. The van der Waals surface area contributed by atoms with Crippen molar-refractivity contribution >= 4 is 27.5 Å². The third kappa shape index (κ3) is 2.74. The van der Waals surface area contributed by atoms with Crippen LogP contribution in [0, 0.1) is 17.9 Å². The van der Waals surface area contributed by atoms with Crippen molar-refractivity contribution in [3.63, 3.8) is 0 Å². The molecule has 3 heteroatoms. The molecule has 0 amide bonds.